The fraction of sp³-hybridized carbons (Fsp3) is 0.851. The van der Waals surface area contributed by atoms with E-state index in [2.05, 4.69) is 39.8 Å². The second-order valence-corrected chi connectivity index (χ2v) is 30.3. The number of amides is 3. The van der Waals surface area contributed by atoms with Crippen LogP contribution in [0.1, 0.15) is 183 Å². The first-order valence-electron chi connectivity index (χ1n) is 39.0. The number of nitrogens with zero attached hydrogens (tertiary/aromatic N) is 3. The average molecular weight is 1560 g/mol. The predicted molar refractivity (Wildman–Crippen MR) is 383 cm³/mol. The summed E-state index contributed by atoms with van der Waals surface area (Å²) in [6.45, 7) is 7.38. The first-order valence-corrected chi connectivity index (χ1v) is 39.0. The van der Waals surface area contributed by atoms with E-state index in [9.17, 15) is 95.5 Å². The Hall–Kier alpha value is -4.84. The van der Waals surface area contributed by atoms with Crippen LogP contribution in [0.15, 0.2) is 23.3 Å². The van der Waals surface area contributed by atoms with Crippen molar-refractivity contribution in [2.75, 3.05) is 65.8 Å². The number of carbonyl (C=O) groups excluding carboxylic acids is 5. The zero-order valence-corrected chi connectivity index (χ0v) is 63.0. The van der Waals surface area contributed by atoms with Gasteiger partial charge >= 0.3 is 0 Å². The second kappa shape index (κ2) is 46.5. The summed E-state index contributed by atoms with van der Waals surface area (Å²) in [6.07, 6.45) is -22.2. The van der Waals surface area contributed by atoms with Gasteiger partial charge in [-0.2, -0.15) is 0 Å². The number of azide groups is 1. The Balaban J connectivity index is 0.796. The van der Waals surface area contributed by atoms with Crippen molar-refractivity contribution in [3.8, 4) is 5.75 Å². The minimum Gasteiger partial charge on any atom is -0.492 e. The number of unbranched alkanes of at least 4 members (excludes halogenated alkanes) is 7. The number of aliphatic hydroxyl groups excluding tert-OH is 14. The van der Waals surface area contributed by atoms with Crippen LogP contribution in [-0.4, -0.2) is 308 Å². The topological polar surface area (TPSA) is 546 Å². The molecule has 6 fully saturated rings. The third-order valence-electron chi connectivity index (χ3n) is 22.0. The normalized spacial score (nSPS) is 35.6. The fourth-order valence-corrected chi connectivity index (χ4v) is 14.6. The van der Waals surface area contributed by atoms with Crippen molar-refractivity contribution < 1.29 is 143 Å². The molecule has 622 valence electrons. The van der Waals surface area contributed by atoms with Crippen LogP contribution in [0, 0.1) is 29.6 Å². The monoisotopic (exact) mass is 1560 g/mol. The lowest BCUT2D eigenvalue weighted by Gasteiger charge is -2.46. The number of hydrogen-bond donors (Lipinski definition) is 17. The Morgan fingerprint density at radius 3 is 1.54 bits per heavy atom. The molecule has 0 aromatic heterocycles. The lowest BCUT2D eigenvalue weighted by atomic mass is 9.77. The van der Waals surface area contributed by atoms with Crippen molar-refractivity contribution in [1.82, 2.24) is 16.0 Å². The van der Waals surface area contributed by atoms with Crippen molar-refractivity contribution in [1.29, 1.82) is 0 Å². The Kier molecular flexibility index (Phi) is 39.0. The molecule has 3 amide bonds. The third-order valence-corrected chi connectivity index (χ3v) is 22.0. The highest BCUT2D eigenvalue weighted by molar-refractivity contribution is 6.01. The van der Waals surface area contributed by atoms with Gasteiger partial charge in [0.05, 0.1) is 69.6 Å². The van der Waals surface area contributed by atoms with Crippen molar-refractivity contribution in [2.24, 2.45) is 34.7 Å². The molecule has 12 unspecified atom stereocenters. The van der Waals surface area contributed by atoms with Gasteiger partial charge < -0.3 is 135 Å². The van der Waals surface area contributed by atoms with Gasteiger partial charge in [0, 0.05) is 80.3 Å². The molecule has 3 aliphatic carbocycles. The molecule has 6 aliphatic rings. The molecule has 3 aliphatic heterocycles. The zero-order valence-electron chi connectivity index (χ0n) is 63.0. The Bertz CT molecular complexity index is 2960. The van der Waals surface area contributed by atoms with Crippen LogP contribution in [0.3, 0.4) is 0 Å². The maximum Gasteiger partial charge on any atom is 0.251 e. The number of nitrogens with one attached hydrogen (secondary N) is 3. The molecule has 35 nitrogen and oxygen atoms in total. The van der Waals surface area contributed by atoms with Gasteiger partial charge in [-0.05, 0) is 124 Å². The van der Waals surface area contributed by atoms with Gasteiger partial charge in [0.15, 0.2) is 30.9 Å². The SMILES string of the molecule is CC1C[C@H](OCC2O[C@H](OCCNC(=O)CCCCCCC(=O)c3cc(OCCNC(=O)CCCCCN=[N+]=[N-])cc(C(=O)NCCCCCC(=O)CCCO[C@H]4OC(O[C@H]5CC(C)[C@@H](C)CC5O[C@H]5OC(CO)[C@@H](O)[C@H](O)C5O)[C@@H](O)[C@H](O)C4O)c3)C(O)[C@@H](O)[C@@H]2O)C(O[C@@H]2CC(CO)[C@@H](O)[C@H](O)C2O)C[C@@H]1C. The largest absolute Gasteiger partial charge is 0.492 e. The number of Topliss-reactive ketones (excluding diaryl/α,β-unsaturated/α-hetero) is 2. The van der Waals surface area contributed by atoms with E-state index < -0.39 is 166 Å². The van der Waals surface area contributed by atoms with Gasteiger partial charge in [-0.3, -0.25) is 24.0 Å². The summed E-state index contributed by atoms with van der Waals surface area (Å²) in [5, 5.41) is 159. The Morgan fingerprint density at radius 2 is 0.927 bits per heavy atom. The highest BCUT2D eigenvalue weighted by Crippen LogP contribution is 2.40. The summed E-state index contributed by atoms with van der Waals surface area (Å²) in [6, 6.07) is 4.52. The number of ketones is 2. The van der Waals surface area contributed by atoms with Crippen LogP contribution in [0.5, 0.6) is 5.75 Å². The van der Waals surface area contributed by atoms with Crippen molar-refractivity contribution in [2.45, 2.75) is 304 Å². The molecular weight excluding hydrogens is 1440 g/mol. The zero-order chi connectivity index (χ0) is 79.4. The summed E-state index contributed by atoms with van der Waals surface area (Å²) in [5.74, 6) is -1.17. The van der Waals surface area contributed by atoms with E-state index in [0.717, 1.165) is 0 Å². The highest BCUT2D eigenvalue weighted by Gasteiger charge is 2.52. The van der Waals surface area contributed by atoms with E-state index in [0.29, 0.717) is 96.4 Å². The standard InChI is InChI=1S/C74H122N6O29/c1-39-28-49(50(29-40(39)2)104-53-35-45(36-81)58(87)62(91)59(53)88)103-38-55-61(90)64(93)66(95)71(108-55)102-27-24-77-56(85)19-11-6-5-10-18-48(84)43-32-44(34-47(33-43)100-26-23-76-57(86)20-12-8-14-22-79-80-75)70(99)78-21-13-7-9-16-46(83)17-15-25-101-72-67(96)65(94)69(98)74(109-72)106-52-31-42(4)41(3)30-51(52)105-73-68(97)63(92)60(89)54(37-82)107-73/h32-34,39-42,45,49-55,58-69,71-74,81-82,87-98H,5-31,35-38H2,1-4H3,(H,76,86)(H,77,85)(H,78,99)/t39?,40-,41-,42?,45?,49-,50?,51?,52-,53+,54?,55?,58+,59?,60+,61+,62-,63-,64-,65+,66?,67?,68?,69-,71-,72-,73-,74?/m0/s1. The molecule has 0 radical (unpaired) electrons. The van der Waals surface area contributed by atoms with E-state index >= 15 is 0 Å². The van der Waals surface area contributed by atoms with Gasteiger partial charge in [0.1, 0.15) is 97.5 Å². The Morgan fingerprint density at radius 1 is 0.440 bits per heavy atom. The summed E-state index contributed by atoms with van der Waals surface area (Å²) >= 11 is 0. The highest BCUT2D eigenvalue weighted by atomic mass is 16.8. The number of aliphatic hydroxyl groups is 14. The van der Waals surface area contributed by atoms with Crippen molar-refractivity contribution in [3.63, 3.8) is 0 Å². The summed E-state index contributed by atoms with van der Waals surface area (Å²) in [7, 11) is 0. The first-order chi connectivity index (χ1) is 52.1. The number of carbonyl (C=O) groups is 5. The molecule has 3 saturated carbocycles. The molecule has 0 bridgehead atoms. The lowest BCUT2D eigenvalue weighted by molar-refractivity contribution is -0.371. The molecule has 109 heavy (non-hydrogen) atoms. The van der Waals surface area contributed by atoms with Gasteiger partial charge in [-0.25, -0.2) is 0 Å². The van der Waals surface area contributed by atoms with Crippen molar-refractivity contribution >= 4 is 29.3 Å². The summed E-state index contributed by atoms with van der Waals surface area (Å²) in [4.78, 5) is 68.3. The van der Waals surface area contributed by atoms with Crippen molar-refractivity contribution in [3.05, 3.63) is 39.8 Å². The fourth-order valence-electron chi connectivity index (χ4n) is 14.6. The van der Waals surface area contributed by atoms with Gasteiger partial charge in [-0.1, -0.05) is 58.5 Å². The Labute approximate surface area is 635 Å². The van der Waals surface area contributed by atoms with E-state index in [1.165, 1.54) is 18.2 Å². The van der Waals surface area contributed by atoms with Crippen LogP contribution in [-0.2, 0) is 57.0 Å². The number of rotatable bonds is 45. The number of ether oxygens (including phenoxy) is 10. The summed E-state index contributed by atoms with van der Waals surface area (Å²) in [5.41, 5.74) is 8.87. The van der Waals surface area contributed by atoms with Crippen LogP contribution in [0.25, 0.3) is 10.4 Å². The molecule has 3 heterocycles. The number of hydrogen-bond acceptors (Lipinski definition) is 30. The van der Waals surface area contributed by atoms with Crippen LogP contribution in [0.2, 0.25) is 0 Å². The molecule has 28 atom stereocenters. The lowest BCUT2D eigenvalue weighted by Crippen LogP contribution is -2.62. The maximum absolute atomic E-state index is 13.7. The molecule has 7 rings (SSSR count). The molecule has 1 aromatic carbocycles. The van der Waals surface area contributed by atoms with E-state index in [1.54, 1.807) is 0 Å². The molecular formula is C74H122N6O29. The third kappa shape index (κ3) is 27.7. The molecule has 35 heteroatoms. The molecule has 0 spiro atoms. The number of benzene rings is 1. The van der Waals surface area contributed by atoms with E-state index in [4.69, 9.17) is 52.9 Å². The van der Waals surface area contributed by atoms with Gasteiger partial charge in [-0.15, -0.1) is 0 Å². The minimum atomic E-state index is -1.75. The quantitative estimate of drug-likeness (QED) is 0.0133. The maximum atomic E-state index is 13.7. The van der Waals surface area contributed by atoms with E-state index in [-0.39, 0.29) is 155 Å². The van der Waals surface area contributed by atoms with Gasteiger partial charge in [0.2, 0.25) is 11.8 Å². The second-order valence-electron chi connectivity index (χ2n) is 30.3. The molecule has 1 aromatic rings. The van der Waals surface area contributed by atoms with Crippen LogP contribution >= 0.6 is 0 Å². The van der Waals surface area contributed by atoms with Crippen LogP contribution in [0.4, 0.5) is 0 Å². The average Bonchev–Trinajstić information content (AvgIpc) is 0.811. The van der Waals surface area contributed by atoms with Crippen LogP contribution < -0.4 is 20.7 Å². The smallest absolute Gasteiger partial charge is 0.251 e. The van der Waals surface area contributed by atoms with Gasteiger partial charge in [0.25, 0.3) is 5.91 Å². The predicted octanol–water partition coefficient (Wildman–Crippen LogP) is -0.127. The summed E-state index contributed by atoms with van der Waals surface area (Å²) < 4.78 is 59.6. The van der Waals surface area contributed by atoms with E-state index in [1.807, 2.05) is 13.8 Å². The molecule has 17 N–H and O–H groups in total. The minimum absolute atomic E-state index is 0.0239. The first kappa shape index (κ1) is 91.3. The molecule has 3 saturated heterocycles.